The monoisotopic (exact) mass is 255 g/mol. The number of rotatable bonds is 3. The van der Waals surface area contributed by atoms with Crippen molar-refractivity contribution in [3.63, 3.8) is 0 Å². The molecule has 0 saturated heterocycles. The van der Waals surface area contributed by atoms with Crippen LogP contribution in [0.2, 0.25) is 5.02 Å². The summed E-state index contributed by atoms with van der Waals surface area (Å²) in [5.74, 6) is 0. The lowest BCUT2D eigenvalue weighted by molar-refractivity contribution is 1.46. The summed E-state index contributed by atoms with van der Waals surface area (Å²) in [7, 11) is 0. The van der Waals surface area contributed by atoms with Gasteiger partial charge in [-0.05, 0) is 36.3 Å². The lowest BCUT2D eigenvalue weighted by atomic mass is 10.2. The summed E-state index contributed by atoms with van der Waals surface area (Å²) in [4.78, 5) is 4.25. The molecular formula is C16H14ClN. The van der Waals surface area contributed by atoms with Gasteiger partial charge in [0.25, 0.3) is 0 Å². The van der Waals surface area contributed by atoms with E-state index in [9.17, 15) is 0 Å². The molecule has 2 aromatic carbocycles. The third-order valence-corrected chi connectivity index (χ3v) is 2.78. The number of hydrogen-bond donors (Lipinski definition) is 0. The topological polar surface area (TPSA) is 12.4 Å². The first kappa shape index (κ1) is 12.6. The highest BCUT2D eigenvalue weighted by Gasteiger charge is 1.87. The fourth-order valence-electron chi connectivity index (χ4n) is 1.48. The maximum atomic E-state index is 5.81. The summed E-state index contributed by atoms with van der Waals surface area (Å²) >= 11 is 5.81. The molecule has 0 bridgehead atoms. The fourth-order valence-corrected chi connectivity index (χ4v) is 1.61. The van der Waals surface area contributed by atoms with E-state index in [1.54, 1.807) is 6.20 Å². The van der Waals surface area contributed by atoms with E-state index in [0.717, 1.165) is 16.1 Å². The van der Waals surface area contributed by atoms with E-state index in [1.807, 2.05) is 36.6 Å². The molecule has 0 radical (unpaired) electrons. The highest BCUT2D eigenvalue weighted by molar-refractivity contribution is 6.30. The SMILES string of the molecule is Cc1ccc(C=NC=Cc2ccc(Cl)cc2)cc1. The van der Waals surface area contributed by atoms with E-state index in [1.165, 1.54) is 5.56 Å². The maximum absolute atomic E-state index is 5.81. The fraction of sp³-hybridized carbons (Fsp3) is 0.0625. The molecule has 0 aliphatic carbocycles. The van der Waals surface area contributed by atoms with Crippen molar-refractivity contribution in [1.29, 1.82) is 0 Å². The lowest BCUT2D eigenvalue weighted by Crippen LogP contribution is -1.79. The molecule has 18 heavy (non-hydrogen) atoms. The van der Waals surface area contributed by atoms with Crippen molar-refractivity contribution in [1.82, 2.24) is 0 Å². The Morgan fingerprint density at radius 2 is 1.50 bits per heavy atom. The average Bonchev–Trinajstić information content (AvgIpc) is 2.39. The molecule has 0 heterocycles. The minimum Gasteiger partial charge on any atom is -0.264 e. The number of hydrogen-bond acceptors (Lipinski definition) is 1. The van der Waals surface area contributed by atoms with Crippen LogP contribution < -0.4 is 0 Å². The molecule has 0 unspecified atom stereocenters. The van der Waals surface area contributed by atoms with Gasteiger partial charge in [0.15, 0.2) is 0 Å². The predicted octanol–water partition coefficient (Wildman–Crippen LogP) is 4.74. The van der Waals surface area contributed by atoms with Gasteiger partial charge in [0.05, 0.1) is 0 Å². The van der Waals surface area contributed by atoms with Crippen molar-refractivity contribution in [3.8, 4) is 0 Å². The van der Waals surface area contributed by atoms with Crippen LogP contribution >= 0.6 is 11.6 Å². The summed E-state index contributed by atoms with van der Waals surface area (Å²) in [6.45, 7) is 2.07. The van der Waals surface area contributed by atoms with Gasteiger partial charge in [-0.3, -0.25) is 4.99 Å². The third kappa shape index (κ3) is 3.86. The number of nitrogens with zero attached hydrogens (tertiary/aromatic N) is 1. The highest BCUT2D eigenvalue weighted by atomic mass is 35.5. The van der Waals surface area contributed by atoms with Gasteiger partial charge in [-0.25, -0.2) is 0 Å². The molecule has 2 rings (SSSR count). The van der Waals surface area contributed by atoms with Crippen molar-refractivity contribution >= 4 is 23.9 Å². The Bertz CT molecular complexity index is 497. The zero-order chi connectivity index (χ0) is 12.8. The summed E-state index contributed by atoms with van der Waals surface area (Å²) in [6, 6.07) is 15.9. The quantitative estimate of drug-likeness (QED) is 0.703. The molecule has 0 N–H and O–H groups in total. The van der Waals surface area contributed by atoms with Crippen molar-refractivity contribution in [2.45, 2.75) is 6.92 Å². The zero-order valence-electron chi connectivity index (χ0n) is 10.2. The molecule has 0 aromatic heterocycles. The van der Waals surface area contributed by atoms with E-state index in [0.29, 0.717) is 0 Å². The van der Waals surface area contributed by atoms with Gasteiger partial charge in [-0.2, -0.15) is 0 Å². The summed E-state index contributed by atoms with van der Waals surface area (Å²) < 4.78 is 0. The van der Waals surface area contributed by atoms with E-state index in [2.05, 4.69) is 36.2 Å². The zero-order valence-corrected chi connectivity index (χ0v) is 10.9. The molecule has 0 spiro atoms. The molecule has 90 valence electrons. The van der Waals surface area contributed by atoms with Crippen LogP contribution in [0.25, 0.3) is 6.08 Å². The average molecular weight is 256 g/mol. The molecule has 0 atom stereocenters. The Balaban J connectivity index is 1.98. The van der Waals surface area contributed by atoms with Gasteiger partial charge >= 0.3 is 0 Å². The number of benzene rings is 2. The summed E-state index contributed by atoms with van der Waals surface area (Å²) in [5, 5.41) is 0.746. The molecule has 0 amide bonds. The van der Waals surface area contributed by atoms with Crippen LogP contribution in [0.3, 0.4) is 0 Å². The minimum atomic E-state index is 0.746. The van der Waals surface area contributed by atoms with E-state index < -0.39 is 0 Å². The van der Waals surface area contributed by atoms with Gasteiger partial charge in [0.1, 0.15) is 0 Å². The number of halogens is 1. The molecule has 0 saturated carbocycles. The molecular weight excluding hydrogens is 242 g/mol. The Labute approximate surface area is 112 Å². The Hall–Kier alpha value is -1.86. The largest absolute Gasteiger partial charge is 0.264 e. The van der Waals surface area contributed by atoms with Gasteiger partial charge in [-0.15, -0.1) is 0 Å². The second-order valence-electron chi connectivity index (χ2n) is 4.06. The van der Waals surface area contributed by atoms with Gasteiger partial charge in [0, 0.05) is 17.4 Å². The molecule has 0 aliphatic heterocycles. The second-order valence-corrected chi connectivity index (χ2v) is 4.49. The highest BCUT2D eigenvalue weighted by Crippen LogP contribution is 2.10. The van der Waals surface area contributed by atoms with Gasteiger partial charge in [0.2, 0.25) is 0 Å². The van der Waals surface area contributed by atoms with Gasteiger partial charge < -0.3 is 0 Å². The van der Waals surface area contributed by atoms with E-state index in [-0.39, 0.29) is 0 Å². The summed E-state index contributed by atoms with van der Waals surface area (Å²) in [5.41, 5.74) is 3.44. The third-order valence-electron chi connectivity index (χ3n) is 2.52. The van der Waals surface area contributed by atoms with Crippen LogP contribution in [0.4, 0.5) is 0 Å². The first-order chi connectivity index (χ1) is 8.74. The first-order valence-corrected chi connectivity index (χ1v) is 6.14. The van der Waals surface area contributed by atoms with Crippen molar-refractivity contribution in [3.05, 3.63) is 76.4 Å². The molecule has 2 aromatic rings. The van der Waals surface area contributed by atoms with Crippen LogP contribution in [0.1, 0.15) is 16.7 Å². The maximum Gasteiger partial charge on any atom is 0.0406 e. The Morgan fingerprint density at radius 1 is 0.889 bits per heavy atom. The van der Waals surface area contributed by atoms with E-state index >= 15 is 0 Å². The van der Waals surface area contributed by atoms with Crippen LogP contribution in [-0.4, -0.2) is 6.21 Å². The van der Waals surface area contributed by atoms with Crippen LogP contribution in [-0.2, 0) is 0 Å². The Morgan fingerprint density at radius 3 is 2.17 bits per heavy atom. The number of aryl methyl sites for hydroxylation is 1. The van der Waals surface area contributed by atoms with Crippen LogP contribution in [0.15, 0.2) is 59.7 Å². The minimum absolute atomic E-state index is 0.746. The lowest BCUT2D eigenvalue weighted by Gasteiger charge is -1.93. The van der Waals surface area contributed by atoms with E-state index in [4.69, 9.17) is 11.6 Å². The second kappa shape index (κ2) is 6.18. The van der Waals surface area contributed by atoms with Crippen molar-refractivity contribution in [2.75, 3.05) is 0 Å². The molecule has 1 nitrogen and oxygen atoms in total. The van der Waals surface area contributed by atoms with Crippen LogP contribution in [0, 0.1) is 6.92 Å². The van der Waals surface area contributed by atoms with Crippen LogP contribution in [0.5, 0.6) is 0 Å². The summed E-state index contributed by atoms with van der Waals surface area (Å²) in [6.07, 6.45) is 5.57. The van der Waals surface area contributed by atoms with Gasteiger partial charge in [-0.1, -0.05) is 53.6 Å². The smallest absolute Gasteiger partial charge is 0.0406 e. The normalized spacial score (nSPS) is 11.4. The first-order valence-electron chi connectivity index (χ1n) is 5.76. The predicted molar refractivity (Wildman–Crippen MR) is 79.3 cm³/mol. The van der Waals surface area contributed by atoms with Crippen molar-refractivity contribution in [2.24, 2.45) is 4.99 Å². The molecule has 0 aliphatic rings. The van der Waals surface area contributed by atoms with Crippen molar-refractivity contribution < 1.29 is 0 Å². The number of aliphatic imine (C=N–C) groups is 1. The molecule has 2 heteroatoms. The molecule has 0 fully saturated rings. The standard InChI is InChI=1S/C16H14ClN/c1-13-2-4-15(5-3-13)12-18-11-10-14-6-8-16(17)9-7-14/h2-12H,1H3. The Kier molecular flexibility index (Phi) is 4.32.